The fourth-order valence-electron chi connectivity index (χ4n) is 1.45. The number of alkyl halides is 3. The van der Waals surface area contributed by atoms with Gasteiger partial charge in [0, 0.05) is 6.20 Å². The molecular weight excluding hydrogens is 333 g/mol. The number of nitrogens with zero attached hydrogens (tertiary/aromatic N) is 3. The smallest absolute Gasteiger partial charge is 0.370 e. The third-order valence-corrected chi connectivity index (χ3v) is 3.43. The number of halogens is 3. The minimum atomic E-state index is -4.42. The summed E-state index contributed by atoms with van der Waals surface area (Å²) in [7, 11) is 0. The van der Waals surface area contributed by atoms with Crippen molar-refractivity contribution in [2.45, 2.75) is 36.5 Å². The molecule has 11 heteroatoms. The predicted molar refractivity (Wildman–Crippen MR) is 82.0 cm³/mol. The quantitative estimate of drug-likeness (QED) is 0.165. The van der Waals surface area contributed by atoms with Gasteiger partial charge in [-0.25, -0.2) is 15.0 Å². The van der Waals surface area contributed by atoms with Crippen LogP contribution in [0.3, 0.4) is 0 Å². The lowest BCUT2D eigenvalue weighted by Crippen LogP contribution is -2.26. The van der Waals surface area contributed by atoms with Crippen molar-refractivity contribution in [3.8, 4) is 0 Å². The van der Waals surface area contributed by atoms with Crippen molar-refractivity contribution >= 4 is 29.9 Å². The number of guanidine groups is 1. The minimum absolute atomic E-state index is 0.191. The molecular formula is C12H17F3N6OS. The normalized spacial score (nSPS) is 13.5. The molecule has 1 unspecified atom stereocenters. The first-order valence-corrected chi connectivity index (χ1v) is 7.55. The van der Waals surface area contributed by atoms with Crippen LogP contribution in [0.15, 0.2) is 22.4 Å². The van der Waals surface area contributed by atoms with Crippen LogP contribution in [0.2, 0.25) is 0 Å². The first kappa shape index (κ1) is 19.0. The van der Waals surface area contributed by atoms with Crippen molar-refractivity contribution in [3.63, 3.8) is 0 Å². The molecule has 0 radical (unpaired) electrons. The zero-order valence-electron chi connectivity index (χ0n) is 12.3. The van der Waals surface area contributed by atoms with Gasteiger partial charge in [-0.2, -0.15) is 13.2 Å². The SMILES string of the molecule is CCCC(NC=O)Sc1nccc(NC(N)=NCC(F)(F)F)n1. The molecule has 0 aliphatic rings. The Morgan fingerprint density at radius 1 is 1.57 bits per heavy atom. The number of amides is 1. The Morgan fingerprint density at radius 3 is 2.91 bits per heavy atom. The van der Waals surface area contributed by atoms with E-state index in [9.17, 15) is 18.0 Å². The number of aromatic nitrogens is 2. The summed E-state index contributed by atoms with van der Waals surface area (Å²) in [6.07, 6.45) is -0.824. The molecule has 0 aliphatic carbocycles. The van der Waals surface area contributed by atoms with Gasteiger partial charge in [-0.05, 0) is 12.5 Å². The van der Waals surface area contributed by atoms with E-state index in [-0.39, 0.29) is 11.2 Å². The first-order chi connectivity index (χ1) is 10.8. The van der Waals surface area contributed by atoms with E-state index >= 15 is 0 Å². The van der Waals surface area contributed by atoms with Crippen LogP contribution < -0.4 is 16.4 Å². The molecule has 0 fully saturated rings. The maximum Gasteiger partial charge on any atom is 0.408 e. The number of nitrogens with two attached hydrogens (primary N) is 1. The third kappa shape index (κ3) is 8.24. The van der Waals surface area contributed by atoms with Gasteiger partial charge in [-0.15, -0.1) is 0 Å². The van der Waals surface area contributed by atoms with Crippen molar-refractivity contribution in [1.29, 1.82) is 0 Å². The summed E-state index contributed by atoms with van der Waals surface area (Å²) < 4.78 is 36.2. The molecule has 0 aliphatic heterocycles. The van der Waals surface area contributed by atoms with E-state index in [2.05, 4.69) is 25.6 Å². The summed E-state index contributed by atoms with van der Waals surface area (Å²) in [5.74, 6) is -0.180. The second-order valence-electron chi connectivity index (χ2n) is 4.35. The average Bonchev–Trinajstić information content (AvgIpc) is 2.45. The molecule has 1 amide bonds. The molecule has 1 aromatic heterocycles. The third-order valence-electron chi connectivity index (χ3n) is 2.37. The number of rotatable bonds is 8. The highest BCUT2D eigenvalue weighted by molar-refractivity contribution is 7.99. The van der Waals surface area contributed by atoms with Crippen molar-refractivity contribution < 1.29 is 18.0 Å². The predicted octanol–water partition coefficient (Wildman–Crippen LogP) is 1.73. The van der Waals surface area contributed by atoms with E-state index in [0.717, 1.165) is 12.8 Å². The van der Waals surface area contributed by atoms with E-state index in [1.165, 1.54) is 24.0 Å². The van der Waals surface area contributed by atoms with Gasteiger partial charge >= 0.3 is 6.18 Å². The Morgan fingerprint density at radius 2 is 2.30 bits per heavy atom. The number of hydrogen-bond acceptors (Lipinski definition) is 5. The molecule has 0 bridgehead atoms. The molecule has 1 atom stereocenters. The number of carbonyl (C=O) groups is 1. The highest BCUT2D eigenvalue weighted by Gasteiger charge is 2.26. The average molecular weight is 350 g/mol. The van der Waals surface area contributed by atoms with Crippen LogP contribution in [0.25, 0.3) is 0 Å². The summed E-state index contributed by atoms with van der Waals surface area (Å²) in [5, 5.41) is 5.27. The van der Waals surface area contributed by atoms with E-state index in [1.807, 2.05) is 6.92 Å². The molecule has 1 heterocycles. The van der Waals surface area contributed by atoms with Gasteiger partial charge in [0.2, 0.25) is 6.41 Å². The number of anilines is 1. The topological polar surface area (TPSA) is 105 Å². The fraction of sp³-hybridized carbons (Fsp3) is 0.500. The minimum Gasteiger partial charge on any atom is -0.370 e. The molecule has 0 spiro atoms. The van der Waals surface area contributed by atoms with Gasteiger partial charge in [0.05, 0.1) is 5.37 Å². The second-order valence-corrected chi connectivity index (χ2v) is 5.52. The Labute approximate surface area is 135 Å². The van der Waals surface area contributed by atoms with E-state index in [1.54, 1.807) is 0 Å². The molecule has 1 aromatic rings. The molecule has 128 valence electrons. The van der Waals surface area contributed by atoms with E-state index < -0.39 is 18.7 Å². The van der Waals surface area contributed by atoms with Crippen LogP contribution in [0, 0.1) is 0 Å². The van der Waals surface area contributed by atoms with Gasteiger partial charge in [0.1, 0.15) is 12.4 Å². The Balaban J connectivity index is 2.70. The lowest BCUT2D eigenvalue weighted by Gasteiger charge is -2.13. The van der Waals surface area contributed by atoms with Crippen molar-refractivity contribution in [3.05, 3.63) is 12.3 Å². The van der Waals surface area contributed by atoms with Crippen LogP contribution in [-0.4, -0.2) is 40.4 Å². The van der Waals surface area contributed by atoms with Crippen LogP contribution >= 0.6 is 11.8 Å². The van der Waals surface area contributed by atoms with Crippen LogP contribution in [0.1, 0.15) is 19.8 Å². The fourth-order valence-corrected chi connectivity index (χ4v) is 2.46. The molecule has 23 heavy (non-hydrogen) atoms. The lowest BCUT2D eigenvalue weighted by atomic mass is 10.3. The molecule has 0 saturated carbocycles. The molecule has 0 saturated heterocycles. The number of nitrogens with one attached hydrogen (secondary N) is 2. The largest absolute Gasteiger partial charge is 0.408 e. The summed E-state index contributed by atoms with van der Waals surface area (Å²) in [5.41, 5.74) is 5.37. The van der Waals surface area contributed by atoms with Crippen molar-refractivity contribution in [1.82, 2.24) is 15.3 Å². The number of thioether (sulfide) groups is 1. The van der Waals surface area contributed by atoms with Gasteiger partial charge < -0.3 is 16.4 Å². The summed E-state index contributed by atoms with van der Waals surface area (Å²) >= 11 is 1.23. The van der Waals surface area contributed by atoms with E-state index in [0.29, 0.717) is 11.6 Å². The van der Waals surface area contributed by atoms with Crippen LogP contribution in [-0.2, 0) is 4.79 Å². The summed E-state index contributed by atoms with van der Waals surface area (Å²) in [4.78, 5) is 21.9. The highest BCUT2D eigenvalue weighted by atomic mass is 32.2. The number of carbonyl (C=O) groups excluding carboxylic acids is 1. The van der Waals surface area contributed by atoms with Crippen LogP contribution in [0.5, 0.6) is 0 Å². The zero-order chi connectivity index (χ0) is 17.3. The molecule has 1 rings (SSSR count). The zero-order valence-corrected chi connectivity index (χ0v) is 13.1. The highest BCUT2D eigenvalue weighted by Crippen LogP contribution is 2.21. The Kier molecular flexibility index (Phi) is 7.59. The maximum atomic E-state index is 12.1. The Hall–Kier alpha value is -2.04. The van der Waals surface area contributed by atoms with Crippen molar-refractivity contribution in [2.24, 2.45) is 10.7 Å². The molecule has 0 aromatic carbocycles. The monoisotopic (exact) mass is 350 g/mol. The second kappa shape index (κ2) is 9.18. The summed E-state index contributed by atoms with van der Waals surface area (Å²) in [6.45, 7) is 0.594. The lowest BCUT2D eigenvalue weighted by molar-refractivity contribution is -0.118. The Bertz CT molecular complexity index is 540. The number of hydrogen-bond donors (Lipinski definition) is 3. The summed E-state index contributed by atoms with van der Waals surface area (Å²) in [6, 6.07) is 1.45. The van der Waals surface area contributed by atoms with Gasteiger partial charge in [0.25, 0.3) is 0 Å². The van der Waals surface area contributed by atoms with Gasteiger partial charge in [-0.3, -0.25) is 4.79 Å². The van der Waals surface area contributed by atoms with E-state index in [4.69, 9.17) is 5.73 Å². The molecule has 4 N–H and O–H groups in total. The first-order valence-electron chi connectivity index (χ1n) is 6.67. The standard InChI is InChI=1S/C12H17F3N6OS/c1-2-3-9(19-7-22)23-11-17-5-4-8(21-11)20-10(16)18-6-12(13,14)15/h4-5,7,9H,2-3,6H2,1H3,(H,19,22)(H3,16,17,18,20,21). The molecule has 7 nitrogen and oxygen atoms in total. The maximum absolute atomic E-state index is 12.1. The van der Waals surface area contributed by atoms with Crippen LogP contribution in [0.4, 0.5) is 19.0 Å². The van der Waals surface area contributed by atoms with Gasteiger partial charge in [-0.1, -0.05) is 25.1 Å². The van der Waals surface area contributed by atoms with Gasteiger partial charge in [0.15, 0.2) is 11.1 Å². The number of aliphatic imine (C=N–C) groups is 1. The van der Waals surface area contributed by atoms with Crippen molar-refractivity contribution in [2.75, 3.05) is 11.9 Å².